The molecule has 2 nitrogen and oxygen atoms in total. The summed E-state index contributed by atoms with van der Waals surface area (Å²) in [6, 6.07) is 0. The molecule has 1 saturated heterocycles. The van der Waals surface area contributed by atoms with Crippen molar-refractivity contribution in [2.45, 2.75) is 18.6 Å². The monoisotopic (exact) mass is 118 g/mol. The van der Waals surface area contributed by atoms with E-state index in [0.717, 1.165) is 0 Å². The van der Waals surface area contributed by atoms with E-state index in [2.05, 4.69) is 4.18 Å². The minimum absolute atomic E-state index is 0.0856. The van der Waals surface area contributed by atoms with Crippen LogP contribution < -0.4 is 0 Å². The van der Waals surface area contributed by atoms with Crippen LogP contribution in [0.15, 0.2) is 0 Å². The van der Waals surface area contributed by atoms with E-state index in [1.807, 2.05) is 6.92 Å². The van der Waals surface area contributed by atoms with Crippen LogP contribution in [0.2, 0.25) is 0 Å². The van der Waals surface area contributed by atoms with Crippen LogP contribution in [0.1, 0.15) is 13.3 Å². The fraction of sp³-hybridized carbons (Fsp3) is 0.750. The third-order valence-electron chi connectivity index (χ3n) is 0.759. The molecule has 0 aromatic rings. The molecule has 1 atom stereocenters. The fourth-order valence-electron chi connectivity index (χ4n) is 0.439. The van der Waals surface area contributed by atoms with Crippen molar-refractivity contribution in [1.82, 2.24) is 0 Å². The molecule has 0 aliphatic carbocycles. The molecule has 0 spiro atoms. The summed E-state index contributed by atoms with van der Waals surface area (Å²) in [7, 11) is 0. The van der Waals surface area contributed by atoms with Crippen molar-refractivity contribution in [3.05, 3.63) is 0 Å². The van der Waals surface area contributed by atoms with Gasteiger partial charge in [0, 0.05) is 0 Å². The van der Waals surface area contributed by atoms with Crippen LogP contribution in [0.4, 0.5) is 0 Å². The minimum Gasteiger partial charge on any atom is -0.391 e. The Kier molecular flexibility index (Phi) is 1.23. The molecule has 1 rings (SSSR count). The van der Waals surface area contributed by atoms with Crippen LogP contribution in [0.5, 0.6) is 0 Å². The Hall–Kier alpha value is -0.180. The average molecular weight is 118 g/mol. The zero-order valence-electron chi connectivity index (χ0n) is 4.01. The van der Waals surface area contributed by atoms with Crippen molar-refractivity contribution in [1.29, 1.82) is 0 Å². The van der Waals surface area contributed by atoms with Gasteiger partial charge in [-0.05, 0) is 6.92 Å². The summed E-state index contributed by atoms with van der Waals surface area (Å²) in [5.41, 5.74) is 0. The molecule has 1 heterocycles. The molecule has 1 fully saturated rings. The van der Waals surface area contributed by atoms with Crippen LogP contribution in [-0.4, -0.2) is 11.2 Å². The van der Waals surface area contributed by atoms with Gasteiger partial charge in [0.25, 0.3) is 0 Å². The maximum Gasteiger partial charge on any atom is 0.319 e. The third kappa shape index (κ3) is 1.09. The number of carbonyl (C=O) groups is 1. The Bertz CT molecular complexity index is 91.7. The lowest BCUT2D eigenvalue weighted by Gasteiger charge is -1.85. The van der Waals surface area contributed by atoms with Gasteiger partial charge in [-0.3, -0.25) is 4.79 Å². The summed E-state index contributed by atoms with van der Waals surface area (Å²) in [5.74, 6) is -0.0856. The molecule has 1 aliphatic heterocycles. The van der Waals surface area contributed by atoms with Gasteiger partial charge in [-0.1, -0.05) is 0 Å². The number of rotatable bonds is 0. The lowest BCUT2D eigenvalue weighted by molar-refractivity contribution is -0.131. The summed E-state index contributed by atoms with van der Waals surface area (Å²) < 4.78 is 4.54. The molecular weight excluding hydrogens is 112 g/mol. The Balaban J connectivity index is 2.40. The van der Waals surface area contributed by atoms with E-state index < -0.39 is 0 Å². The third-order valence-corrected chi connectivity index (χ3v) is 1.54. The largest absolute Gasteiger partial charge is 0.391 e. The van der Waals surface area contributed by atoms with Gasteiger partial charge in [0.05, 0.1) is 23.7 Å². The van der Waals surface area contributed by atoms with Gasteiger partial charge < -0.3 is 4.18 Å². The lowest BCUT2D eigenvalue weighted by Crippen LogP contribution is -1.92. The van der Waals surface area contributed by atoms with E-state index in [0.29, 0.717) is 11.7 Å². The van der Waals surface area contributed by atoms with Crippen LogP contribution >= 0.6 is 12.0 Å². The first-order valence-electron chi connectivity index (χ1n) is 2.15. The van der Waals surface area contributed by atoms with Gasteiger partial charge in [0.15, 0.2) is 0 Å². The molecule has 1 aliphatic rings. The number of carbonyl (C=O) groups excluding carboxylic acids is 1. The second-order valence-corrected chi connectivity index (χ2v) is 2.73. The number of hydrogen-bond acceptors (Lipinski definition) is 3. The highest BCUT2D eigenvalue weighted by Crippen LogP contribution is 2.23. The second kappa shape index (κ2) is 1.74. The Labute approximate surface area is 46.4 Å². The van der Waals surface area contributed by atoms with Crippen LogP contribution in [0, 0.1) is 0 Å². The molecule has 0 N–H and O–H groups in total. The zero-order valence-corrected chi connectivity index (χ0v) is 4.83. The maximum absolute atomic E-state index is 10.2. The predicted octanol–water partition coefficient (Wildman–Crippen LogP) is 0.970. The quantitative estimate of drug-likeness (QED) is 0.443. The van der Waals surface area contributed by atoms with Crippen molar-refractivity contribution < 1.29 is 8.98 Å². The first-order valence-corrected chi connectivity index (χ1v) is 2.95. The first-order chi connectivity index (χ1) is 3.29. The molecule has 3 heteroatoms. The van der Waals surface area contributed by atoms with E-state index in [9.17, 15) is 4.79 Å². The van der Waals surface area contributed by atoms with Gasteiger partial charge in [-0.25, -0.2) is 0 Å². The highest BCUT2D eigenvalue weighted by molar-refractivity contribution is 7.96. The molecular formula is C4H6O2S. The first kappa shape index (κ1) is 4.97. The summed E-state index contributed by atoms with van der Waals surface area (Å²) in [6.07, 6.45) is 0.574. The molecule has 40 valence electrons. The Morgan fingerprint density at radius 3 is 2.86 bits per heavy atom. The van der Waals surface area contributed by atoms with Gasteiger partial charge in [0.2, 0.25) is 0 Å². The smallest absolute Gasteiger partial charge is 0.319 e. The normalized spacial score (nSPS) is 30.4. The molecule has 0 amide bonds. The van der Waals surface area contributed by atoms with Gasteiger partial charge in [-0.2, -0.15) is 0 Å². The Morgan fingerprint density at radius 1 is 2.00 bits per heavy atom. The molecule has 1 unspecified atom stereocenters. The van der Waals surface area contributed by atoms with Gasteiger partial charge in [-0.15, -0.1) is 0 Å². The topological polar surface area (TPSA) is 26.3 Å². The lowest BCUT2D eigenvalue weighted by atomic mass is 10.3. The van der Waals surface area contributed by atoms with Crippen molar-refractivity contribution in [2.24, 2.45) is 0 Å². The van der Waals surface area contributed by atoms with E-state index in [-0.39, 0.29) is 5.97 Å². The maximum atomic E-state index is 10.2. The summed E-state index contributed by atoms with van der Waals surface area (Å²) in [6.45, 7) is 1.97. The molecule has 0 aromatic heterocycles. The van der Waals surface area contributed by atoms with E-state index in [1.165, 1.54) is 12.0 Å². The van der Waals surface area contributed by atoms with Crippen LogP contribution in [0.3, 0.4) is 0 Å². The van der Waals surface area contributed by atoms with Crippen molar-refractivity contribution in [2.75, 3.05) is 0 Å². The highest BCUT2D eigenvalue weighted by atomic mass is 32.2. The second-order valence-electron chi connectivity index (χ2n) is 1.57. The summed E-state index contributed by atoms with van der Waals surface area (Å²) in [4.78, 5) is 10.2. The van der Waals surface area contributed by atoms with E-state index in [1.54, 1.807) is 0 Å². The molecule has 0 aromatic carbocycles. The fourth-order valence-corrected chi connectivity index (χ4v) is 0.982. The SMILES string of the molecule is CC1CC(=O)OS1. The molecule has 0 saturated carbocycles. The average Bonchev–Trinajstić information content (AvgIpc) is 1.87. The predicted molar refractivity (Wildman–Crippen MR) is 27.8 cm³/mol. The summed E-state index contributed by atoms with van der Waals surface area (Å²) in [5, 5.41) is 0.368. The molecule has 0 radical (unpaired) electrons. The van der Waals surface area contributed by atoms with Gasteiger partial charge in [0.1, 0.15) is 0 Å². The number of hydrogen-bond donors (Lipinski definition) is 0. The van der Waals surface area contributed by atoms with Crippen molar-refractivity contribution >= 4 is 18.0 Å². The molecule has 0 bridgehead atoms. The van der Waals surface area contributed by atoms with Crippen molar-refractivity contribution in [3.63, 3.8) is 0 Å². The van der Waals surface area contributed by atoms with Crippen molar-refractivity contribution in [3.8, 4) is 0 Å². The van der Waals surface area contributed by atoms with Crippen LogP contribution in [0.25, 0.3) is 0 Å². The highest BCUT2D eigenvalue weighted by Gasteiger charge is 2.20. The summed E-state index contributed by atoms with van der Waals surface area (Å²) >= 11 is 1.26. The van der Waals surface area contributed by atoms with E-state index >= 15 is 0 Å². The van der Waals surface area contributed by atoms with Crippen LogP contribution in [-0.2, 0) is 8.98 Å². The Morgan fingerprint density at radius 2 is 2.71 bits per heavy atom. The standard InChI is InChI=1S/C4H6O2S/c1-3-2-4(5)6-7-3/h3H,2H2,1H3. The van der Waals surface area contributed by atoms with Gasteiger partial charge >= 0.3 is 5.97 Å². The molecule has 7 heavy (non-hydrogen) atoms. The minimum atomic E-state index is -0.0856. The zero-order chi connectivity index (χ0) is 5.28. The van der Waals surface area contributed by atoms with E-state index in [4.69, 9.17) is 0 Å².